The number of aryl methyl sites for hydroxylation is 1. The molecule has 2 aromatic heterocycles. The molecule has 694 valence electrons. The Hall–Kier alpha value is -9.33. The molecular weight excluding hydrogens is 1650 g/mol. The Morgan fingerprint density at radius 1 is 0.622 bits per heavy atom. The third-order valence-electron chi connectivity index (χ3n) is 23.3. The lowest BCUT2D eigenvalue weighted by molar-refractivity contribution is -0.172. The number of halogens is 1. The number of fused-ring (bicyclic) bond motifs is 7. The van der Waals surface area contributed by atoms with E-state index >= 15 is 4.39 Å². The van der Waals surface area contributed by atoms with Crippen molar-refractivity contribution < 1.29 is 114 Å². The quantitative estimate of drug-likeness (QED) is 0.0160. The van der Waals surface area contributed by atoms with E-state index in [4.69, 9.17) is 77.0 Å². The highest BCUT2D eigenvalue weighted by Gasteiger charge is 2.55. The van der Waals surface area contributed by atoms with Crippen molar-refractivity contribution in [2.75, 3.05) is 209 Å². The molecule has 1 spiro atoms. The molecule has 1 saturated heterocycles. The fraction of sp³-hybridized carbons (Fsp3) is 0.609. The summed E-state index contributed by atoms with van der Waals surface area (Å²) in [5.41, 5.74) is 10.4. The Labute approximate surface area is 740 Å². The zero-order valence-electron chi connectivity index (χ0n) is 73.6. The largest absolute Gasteiger partial charge is 0.458 e. The monoisotopic (exact) mass is 1770 g/mol. The first-order valence-electron chi connectivity index (χ1n) is 44.4. The summed E-state index contributed by atoms with van der Waals surface area (Å²) in [7, 11) is 0. The summed E-state index contributed by atoms with van der Waals surface area (Å²) in [6.07, 6.45) is 3.82. The number of rotatable bonds is 59. The normalized spacial score (nSPS) is 16.8. The van der Waals surface area contributed by atoms with E-state index in [0.29, 0.717) is 243 Å². The van der Waals surface area contributed by atoms with Crippen LogP contribution in [0.2, 0.25) is 0 Å². The van der Waals surface area contributed by atoms with Gasteiger partial charge in [0.15, 0.2) is 5.60 Å². The van der Waals surface area contributed by atoms with Gasteiger partial charge in [-0.15, -0.1) is 0 Å². The number of esters is 1. The number of nitrogens with two attached hydrogens (primary N) is 1. The van der Waals surface area contributed by atoms with Crippen molar-refractivity contribution in [1.82, 2.24) is 41.0 Å². The number of carbonyl (C=O) groups is 8. The summed E-state index contributed by atoms with van der Waals surface area (Å²) >= 11 is 0. The van der Waals surface area contributed by atoms with E-state index in [-0.39, 0.29) is 118 Å². The second-order valence-corrected chi connectivity index (χ2v) is 32.6. The summed E-state index contributed by atoms with van der Waals surface area (Å²) < 4.78 is 94.8. The average molecular weight is 1770 g/mol. The number of ether oxygens (including phenoxy) is 14. The maximum absolute atomic E-state index is 15.5. The van der Waals surface area contributed by atoms with E-state index in [1.807, 2.05) is 53.4 Å². The third kappa shape index (κ3) is 27.9. The minimum Gasteiger partial charge on any atom is -0.458 e. The predicted molar refractivity (Wildman–Crippen MR) is 462 cm³/mol. The number of likely N-dealkylation sites (tertiary alicyclic amines) is 1. The second-order valence-electron chi connectivity index (χ2n) is 32.6. The van der Waals surface area contributed by atoms with Gasteiger partial charge in [0.1, 0.15) is 24.5 Å². The Balaban J connectivity index is 0.419. The van der Waals surface area contributed by atoms with Crippen molar-refractivity contribution in [1.29, 1.82) is 0 Å². The number of anilines is 1. The van der Waals surface area contributed by atoms with Gasteiger partial charge in [-0.3, -0.25) is 38.4 Å². The fourth-order valence-electron chi connectivity index (χ4n) is 16.4. The number of aliphatic hydroxyl groups is 1. The molecule has 7 amide bonds. The van der Waals surface area contributed by atoms with Crippen molar-refractivity contribution in [2.45, 2.75) is 142 Å². The summed E-state index contributed by atoms with van der Waals surface area (Å²) in [4.78, 5) is 130. The molecule has 2 fully saturated rings. The van der Waals surface area contributed by atoms with Gasteiger partial charge in [0.05, 0.1) is 232 Å². The van der Waals surface area contributed by atoms with Crippen LogP contribution in [-0.2, 0) is 136 Å². The fourth-order valence-corrected chi connectivity index (χ4v) is 16.4. The number of aromatic nitrogens is 2. The van der Waals surface area contributed by atoms with E-state index in [0.717, 1.165) is 40.8 Å². The van der Waals surface area contributed by atoms with Crippen LogP contribution in [0.25, 0.3) is 22.3 Å². The van der Waals surface area contributed by atoms with E-state index in [1.54, 1.807) is 38.7 Å². The van der Waals surface area contributed by atoms with E-state index in [1.165, 1.54) is 10.6 Å². The predicted octanol–water partition coefficient (Wildman–Crippen LogP) is 4.19. The number of hydrogen-bond acceptors (Lipinski definition) is 26. The lowest BCUT2D eigenvalue weighted by Crippen LogP contribution is -2.65. The molecule has 5 aromatic rings. The number of nitrogens with zero attached hydrogens (tertiary/aromatic N) is 4. The number of hydrogen-bond donors (Lipinski definition) is 7. The summed E-state index contributed by atoms with van der Waals surface area (Å²) in [5, 5.41) is 26.4. The smallest absolute Gasteiger partial charge is 0.343 e. The van der Waals surface area contributed by atoms with Crippen LogP contribution in [-0.4, -0.2) is 283 Å². The first-order valence-corrected chi connectivity index (χ1v) is 44.4. The zero-order valence-corrected chi connectivity index (χ0v) is 73.6. The zero-order chi connectivity index (χ0) is 89.9. The highest BCUT2D eigenvalue weighted by Crippen LogP contribution is 2.52. The Morgan fingerprint density at radius 2 is 1.16 bits per heavy atom. The number of para-hydroxylation sites is 1. The molecule has 127 heavy (non-hydrogen) atoms. The molecule has 6 heterocycles. The molecule has 4 atom stereocenters. The number of nitrogens with one attached hydrogen (secondary N) is 5. The summed E-state index contributed by atoms with van der Waals surface area (Å²) in [5.74, 6) is 2.36. The SMILES string of the molecule is CCC1(O)C(=O)OCc2c1cc1n(c2=O)Cc2c-1nc1cc(F)c(C)c3c1c2C(NC(=O)CNC(=O)C(CCCCN)NC(=O)C(NC(=O)CCOCCOCCOCCOCCOCCOCCOCCOCCOCCOCCOCCOCCOCCC(=O)N1CC2(CC(C(=O)NCCC(=O)N4Cc5ccccc5C#Cc5ccccc54)C2)C1)C(C)C)CC3. The topological polar surface area (TPSA) is 414 Å². The van der Waals surface area contributed by atoms with E-state index in [2.05, 4.69) is 38.4 Å². The minimum atomic E-state index is -2.06. The van der Waals surface area contributed by atoms with Crippen LogP contribution in [0.4, 0.5) is 10.1 Å². The first kappa shape index (κ1) is 98.3. The molecule has 6 aliphatic rings. The lowest BCUT2D eigenvalue weighted by Gasteiger charge is -2.58. The second kappa shape index (κ2) is 50.6. The van der Waals surface area contributed by atoms with Gasteiger partial charge in [0.25, 0.3) is 5.56 Å². The van der Waals surface area contributed by atoms with Crippen LogP contribution in [0, 0.1) is 41.8 Å². The van der Waals surface area contributed by atoms with Crippen LogP contribution >= 0.6 is 0 Å². The van der Waals surface area contributed by atoms with Crippen molar-refractivity contribution in [3.05, 3.63) is 127 Å². The van der Waals surface area contributed by atoms with Gasteiger partial charge < -0.3 is 118 Å². The molecule has 0 radical (unpaired) electrons. The molecule has 34 nitrogen and oxygen atoms in total. The third-order valence-corrected chi connectivity index (χ3v) is 23.3. The Morgan fingerprint density at radius 3 is 1.72 bits per heavy atom. The van der Waals surface area contributed by atoms with Gasteiger partial charge >= 0.3 is 5.97 Å². The molecule has 2 aliphatic carbocycles. The van der Waals surface area contributed by atoms with Gasteiger partial charge in [-0.1, -0.05) is 62.9 Å². The Bertz CT molecular complexity index is 4640. The van der Waals surface area contributed by atoms with Crippen molar-refractivity contribution in [3.63, 3.8) is 0 Å². The van der Waals surface area contributed by atoms with Gasteiger partial charge in [0.2, 0.25) is 41.4 Å². The molecular formula is C92H125FN10O24. The molecule has 35 heteroatoms. The maximum atomic E-state index is 15.5. The average Bonchev–Trinajstić information content (AvgIpc) is 1.57. The standard InChI is InChI=1S/C92H125FN10O24/c1-5-92(113)71-52-77-85-69(58-103(77)89(111)70(71)59-127-90(92)112)83-73(20-19-68-63(4)72(93)53-75(98-85)82(68)83)97-79(105)56-96-87(109)74(15-10-11-24-94)99-88(110)84(62(2)3)100-78(104)22-26-114-28-30-116-32-34-118-36-38-120-40-42-122-44-46-124-48-50-126-51-49-125-47-45-123-43-41-121-39-37-119-35-33-117-31-29-115-27-23-80(106)101-60-91(61-101)54-67(55-91)86(108)95-25-21-81(107)102-57-66-14-7-6-12-64(66)17-18-65-13-8-9-16-76(65)102/h6-9,12-14,16,52-53,62,67,73-74,84,113H,5,10-11,15,19-51,54-61,94H2,1-4H3,(H,95,108)(H,96,109)(H,97,105)(H,99,110)(H,100,104). The lowest BCUT2D eigenvalue weighted by atomic mass is 9.57. The van der Waals surface area contributed by atoms with Crippen LogP contribution < -0.4 is 42.8 Å². The number of carbonyl (C=O) groups excluding carboxylic acids is 8. The highest BCUT2D eigenvalue weighted by atomic mass is 19.1. The maximum Gasteiger partial charge on any atom is 0.343 e. The van der Waals surface area contributed by atoms with Crippen molar-refractivity contribution in [3.8, 4) is 23.2 Å². The number of pyridine rings is 2. The molecule has 0 bridgehead atoms. The van der Waals surface area contributed by atoms with Crippen molar-refractivity contribution >= 4 is 63.9 Å². The molecule has 11 rings (SSSR count). The van der Waals surface area contributed by atoms with Gasteiger partial charge in [-0.05, 0) is 117 Å². The van der Waals surface area contributed by atoms with Crippen LogP contribution in [0.3, 0.4) is 0 Å². The highest BCUT2D eigenvalue weighted by molar-refractivity contribution is 5.97. The van der Waals surface area contributed by atoms with Crippen LogP contribution in [0.5, 0.6) is 0 Å². The number of unbranched alkanes of at least 4 members (excludes halogenated alkanes) is 1. The Kier molecular flexibility index (Phi) is 39.1. The van der Waals surface area contributed by atoms with Gasteiger partial charge in [-0.2, -0.15) is 0 Å². The number of benzene rings is 3. The summed E-state index contributed by atoms with van der Waals surface area (Å²) in [6, 6.07) is 15.6. The van der Waals surface area contributed by atoms with Gasteiger partial charge in [0, 0.05) is 77.5 Å². The van der Waals surface area contributed by atoms with Gasteiger partial charge in [-0.25, -0.2) is 14.2 Å². The summed E-state index contributed by atoms with van der Waals surface area (Å²) in [6.45, 7) is 18.2. The number of amides is 7. The van der Waals surface area contributed by atoms with E-state index < -0.39 is 71.2 Å². The van der Waals surface area contributed by atoms with Crippen LogP contribution in [0.1, 0.15) is 141 Å². The molecule has 3 aromatic carbocycles. The minimum absolute atomic E-state index is 0.00105. The van der Waals surface area contributed by atoms with Crippen molar-refractivity contribution in [2.24, 2.45) is 23.0 Å². The molecule has 8 N–H and O–H groups in total. The first-order chi connectivity index (χ1) is 61.7. The molecule has 4 unspecified atom stereocenters. The molecule has 4 aliphatic heterocycles. The molecule has 1 saturated carbocycles. The van der Waals surface area contributed by atoms with Crippen LogP contribution in [0.15, 0.2) is 65.5 Å². The number of cyclic esters (lactones) is 1. The van der Waals surface area contributed by atoms with E-state index in [9.17, 15) is 48.3 Å².